The Morgan fingerprint density at radius 3 is 0.543 bits per heavy atom. The molecule has 0 aliphatic carbocycles. The number of aryl methyl sites for hydroxylation is 8. The highest BCUT2D eigenvalue weighted by Crippen LogP contribution is 2.56. The fraction of sp³-hybridized carbons (Fsp3) is 0.300. The van der Waals surface area contributed by atoms with Gasteiger partial charge in [0.2, 0.25) is 0 Å². The van der Waals surface area contributed by atoms with Gasteiger partial charge in [0.05, 0.1) is 91.1 Å². The summed E-state index contributed by atoms with van der Waals surface area (Å²) in [7, 11) is 0. The Morgan fingerprint density at radius 2 is 0.391 bits per heavy atom. The van der Waals surface area contributed by atoms with E-state index in [0.29, 0.717) is 0 Å². The summed E-state index contributed by atoms with van der Waals surface area (Å²) < 4.78 is 0. The summed E-state index contributed by atoms with van der Waals surface area (Å²) in [5.41, 5.74) is 22.6. The Kier molecular flexibility index (Phi) is 15.8. The van der Waals surface area contributed by atoms with Gasteiger partial charge in [-0.3, -0.25) is 0 Å². The van der Waals surface area contributed by atoms with Crippen LogP contribution >= 0.6 is 0 Å². The number of benzene rings is 8. The SMILES string of the molecule is Cc1ncnc(C)c1N(c1ccc(C(C)(C)C)cc1)c1cc(N(c2ccc(C(C)(C)C)cc2)c2c(C)ncnc2C)c2ccc3c(N(c4ccc(C(C)(C)C)cc4)c4c(C)ncnc4C)cc(N(c4ccc(C(C)(C)C)cc4)c4c(C)ncnc4C)c4ccc1c2c43. The second-order valence-corrected chi connectivity index (χ2v) is 29.0. The van der Waals surface area contributed by atoms with E-state index >= 15 is 0 Å². The minimum atomic E-state index is -0.0892. The molecular formula is C80H86N12. The van der Waals surface area contributed by atoms with Crippen molar-refractivity contribution in [2.75, 3.05) is 19.6 Å². The molecule has 0 N–H and O–H groups in total. The summed E-state index contributed by atoms with van der Waals surface area (Å²) >= 11 is 0. The number of anilines is 12. The van der Waals surface area contributed by atoms with Crippen LogP contribution in [-0.2, 0) is 21.7 Å². The van der Waals surface area contributed by atoms with E-state index in [-0.39, 0.29) is 21.7 Å². The van der Waals surface area contributed by atoms with Gasteiger partial charge in [-0.1, -0.05) is 156 Å². The fourth-order valence-corrected chi connectivity index (χ4v) is 13.3. The van der Waals surface area contributed by atoms with Gasteiger partial charge >= 0.3 is 0 Å². The van der Waals surface area contributed by atoms with E-state index in [4.69, 9.17) is 39.9 Å². The van der Waals surface area contributed by atoms with Gasteiger partial charge in [0.15, 0.2) is 0 Å². The summed E-state index contributed by atoms with van der Waals surface area (Å²) in [5, 5.41) is 6.23. The number of hydrogen-bond donors (Lipinski definition) is 0. The smallest absolute Gasteiger partial charge is 0.116 e. The third kappa shape index (κ3) is 11.2. The third-order valence-electron chi connectivity index (χ3n) is 18.4. The van der Waals surface area contributed by atoms with E-state index in [9.17, 15) is 0 Å². The first kappa shape index (κ1) is 62.5. The molecule has 0 spiro atoms. The molecule has 12 rings (SSSR count). The maximum atomic E-state index is 4.97. The van der Waals surface area contributed by atoms with Crippen molar-refractivity contribution in [3.8, 4) is 0 Å². The van der Waals surface area contributed by atoms with Gasteiger partial charge in [-0.15, -0.1) is 0 Å². The van der Waals surface area contributed by atoms with E-state index < -0.39 is 0 Å². The molecule has 8 aromatic carbocycles. The summed E-state index contributed by atoms with van der Waals surface area (Å²) in [5.74, 6) is 0. The van der Waals surface area contributed by atoms with Crippen LogP contribution in [0, 0.1) is 55.4 Å². The van der Waals surface area contributed by atoms with Crippen LogP contribution in [0.1, 0.15) is 151 Å². The quantitative estimate of drug-likeness (QED) is 0.108. The molecule has 466 valence electrons. The van der Waals surface area contributed by atoms with E-state index in [0.717, 1.165) is 146 Å². The molecule has 12 nitrogen and oxygen atoms in total. The lowest BCUT2D eigenvalue weighted by atomic mass is 9.86. The van der Waals surface area contributed by atoms with Crippen molar-refractivity contribution in [1.82, 2.24) is 39.9 Å². The van der Waals surface area contributed by atoms with Crippen molar-refractivity contribution in [1.29, 1.82) is 0 Å². The van der Waals surface area contributed by atoms with Crippen LogP contribution in [0.4, 0.5) is 68.2 Å². The second kappa shape index (κ2) is 23.2. The molecule has 0 amide bonds. The molecule has 0 atom stereocenters. The Balaban J connectivity index is 1.33. The minimum absolute atomic E-state index is 0.0892. The van der Waals surface area contributed by atoms with Crippen molar-refractivity contribution in [2.45, 2.75) is 160 Å². The summed E-state index contributed by atoms with van der Waals surface area (Å²) in [6.45, 7) is 43.9. The fourth-order valence-electron chi connectivity index (χ4n) is 13.3. The number of aromatic nitrogens is 8. The summed E-state index contributed by atoms with van der Waals surface area (Å²) in [6.07, 6.45) is 6.69. The van der Waals surface area contributed by atoms with Gasteiger partial charge in [-0.05, 0) is 160 Å². The average Bonchev–Trinajstić information content (AvgIpc) is 0.699. The molecule has 0 saturated carbocycles. The highest BCUT2D eigenvalue weighted by molar-refractivity contribution is 6.33. The summed E-state index contributed by atoms with van der Waals surface area (Å²) in [6, 6.07) is 50.3. The van der Waals surface area contributed by atoms with Crippen molar-refractivity contribution >= 4 is 101 Å². The monoisotopic (exact) mass is 1210 g/mol. The van der Waals surface area contributed by atoms with Crippen LogP contribution < -0.4 is 19.6 Å². The zero-order chi connectivity index (χ0) is 65.7. The lowest BCUT2D eigenvalue weighted by Crippen LogP contribution is -2.20. The van der Waals surface area contributed by atoms with Crippen LogP contribution in [0.15, 0.2) is 159 Å². The molecule has 0 fully saturated rings. The van der Waals surface area contributed by atoms with Gasteiger partial charge < -0.3 is 19.6 Å². The lowest BCUT2D eigenvalue weighted by molar-refractivity contribution is 0.590. The lowest BCUT2D eigenvalue weighted by Gasteiger charge is -2.36. The van der Waals surface area contributed by atoms with Crippen molar-refractivity contribution in [3.63, 3.8) is 0 Å². The first-order chi connectivity index (χ1) is 43.5. The molecule has 12 aromatic rings. The Labute approximate surface area is 543 Å². The zero-order valence-corrected chi connectivity index (χ0v) is 57.4. The van der Waals surface area contributed by atoms with E-state index in [2.05, 4.69) is 292 Å². The highest BCUT2D eigenvalue weighted by atomic mass is 15.2. The maximum Gasteiger partial charge on any atom is 0.116 e. The van der Waals surface area contributed by atoms with E-state index in [1.807, 2.05) is 0 Å². The van der Waals surface area contributed by atoms with Crippen molar-refractivity contribution in [3.05, 3.63) is 227 Å². The van der Waals surface area contributed by atoms with Gasteiger partial charge in [0.1, 0.15) is 25.3 Å². The van der Waals surface area contributed by atoms with E-state index in [1.165, 1.54) is 22.3 Å². The van der Waals surface area contributed by atoms with Crippen LogP contribution in [0.2, 0.25) is 0 Å². The molecule has 4 heterocycles. The van der Waals surface area contributed by atoms with Gasteiger partial charge in [-0.25, -0.2) is 39.9 Å². The molecule has 92 heavy (non-hydrogen) atoms. The third-order valence-corrected chi connectivity index (χ3v) is 18.4. The van der Waals surface area contributed by atoms with Crippen LogP contribution in [0.3, 0.4) is 0 Å². The normalized spacial score (nSPS) is 12.3. The first-order valence-electron chi connectivity index (χ1n) is 32.0. The first-order valence-corrected chi connectivity index (χ1v) is 32.0. The van der Waals surface area contributed by atoms with E-state index in [1.54, 1.807) is 25.3 Å². The number of nitrogens with zero attached hydrogens (tertiary/aromatic N) is 12. The minimum Gasteiger partial charge on any atom is -0.306 e. The van der Waals surface area contributed by atoms with Gasteiger partial charge in [0, 0.05) is 55.1 Å². The standard InChI is InChI=1S/C80H86N12/c1-47-73(48(2)82-43-81-47)89(59-29-21-55(22-30-59)77(9,10)11)67-41-68(90(74-49(3)83-44-84-50(74)4)60-31-23-56(24-32-60)78(12,13)14)64-39-40-66-70(92(76-53(7)87-46-88-54(76)8)62-35-27-58(28-36-62)80(18,19)20)42-69(65-38-37-63(67)71(64)72(65)66)91(75-51(5)85-45-86-52(75)6)61-33-25-57(26-34-61)79(15,16)17/h21-46H,1-20H3. The van der Waals surface area contributed by atoms with Crippen LogP contribution in [0.25, 0.3) is 32.3 Å². The molecule has 0 aliphatic heterocycles. The average molecular weight is 1220 g/mol. The van der Waals surface area contributed by atoms with Gasteiger partial charge in [-0.2, -0.15) is 0 Å². The molecule has 0 unspecified atom stereocenters. The molecule has 0 radical (unpaired) electrons. The summed E-state index contributed by atoms with van der Waals surface area (Å²) in [4.78, 5) is 49.3. The van der Waals surface area contributed by atoms with Crippen molar-refractivity contribution in [2.24, 2.45) is 0 Å². The molecule has 0 bridgehead atoms. The largest absolute Gasteiger partial charge is 0.306 e. The predicted octanol–water partition coefficient (Wildman–Crippen LogP) is 21.3. The second-order valence-electron chi connectivity index (χ2n) is 29.0. The van der Waals surface area contributed by atoms with Crippen LogP contribution in [-0.4, -0.2) is 39.9 Å². The predicted molar refractivity (Wildman–Crippen MR) is 384 cm³/mol. The Morgan fingerprint density at radius 1 is 0.228 bits per heavy atom. The molecular weight excluding hydrogens is 1130 g/mol. The molecule has 0 aliphatic rings. The maximum absolute atomic E-state index is 4.97. The zero-order valence-electron chi connectivity index (χ0n) is 57.4. The molecule has 4 aromatic heterocycles. The number of rotatable bonds is 12. The number of hydrogen-bond acceptors (Lipinski definition) is 12. The molecule has 12 heteroatoms. The highest BCUT2D eigenvalue weighted by Gasteiger charge is 2.33. The topological polar surface area (TPSA) is 116 Å². The van der Waals surface area contributed by atoms with Crippen LogP contribution in [0.5, 0.6) is 0 Å². The Bertz CT molecular complexity index is 4080. The molecule has 0 saturated heterocycles. The van der Waals surface area contributed by atoms with Crippen molar-refractivity contribution < 1.29 is 0 Å². The van der Waals surface area contributed by atoms with Gasteiger partial charge in [0.25, 0.3) is 0 Å². The Hall–Kier alpha value is -9.68.